The molecule has 1 atom stereocenters. The van der Waals surface area contributed by atoms with Gasteiger partial charge in [-0.2, -0.15) is 10.5 Å². The van der Waals surface area contributed by atoms with Gasteiger partial charge >= 0.3 is 0 Å². The second-order valence-electron chi connectivity index (χ2n) is 5.20. The first-order valence-corrected chi connectivity index (χ1v) is 7.29. The molecule has 1 fully saturated rings. The Morgan fingerprint density at radius 1 is 1.05 bits per heavy atom. The lowest BCUT2D eigenvalue weighted by atomic mass is 9.92. The number of hydrogen-bond donors (Lipinski definition) is 0. The largest absolute Gasteiger partial charge is 0.379 e. The molecular formula is C16H23N3O. The van der Waals surface area contributed by atoms with Gasteiger partial charge in [-0.1, -0.05) is 5.92 Å². The average Bonchev–Trinajstić information content (AvgIpc) is 2.48. The molecule has 0 spiro atoms. The molecule has 4 nitrogen and oxygen atoms in total. The summed E-state index contributed by atoms with van der Waals surface area (Å²) >= 11 is 0. The molecule has 0 aromatic rings. The zero-order valence-electron chi connectivity index (χ0n) is 12.3. The molecule has 1 unspecified atom stereocenters. The fraction of sp³-hybridized carbons (Fsp3) is 0.750. The molecule has 0 aromatic carbocycles. The Morgan fingerprint density at radius 2 is 1.70 bits per heavy atom. The minimum atomic E-state index is -0.173. The monoisotopic (exact) mass is 273 g/mol. The standard InChI is InChI=1S/C16H23N3O/c1-16(9-5-7-11-18,8-4-2-3-6-10-17)19-12-14-20-15-13-19/h2-3,5-7,9,12-15H2,1H3. The van der Waals surface area contributed by atoms with Crippen molar-refractivity contribution in [1.82, 2.24) is 4.90 Å². The molecule has 1 heterocycles. The van der Waals surface area contributed by atoms with Crippen molar-refractivity contribution in [3.8, 4) is 24.0 Å². The number of nitrogens with zero attached hydrogens (tertiary/aromatic N) is 3. The Bertz CT molecular complexity index is 418. The molecule has 1 rings (SSSR count). The van der Waals surface area contributed by atoms with Crippen LogP contribution in [-0.2, 0) is 4.74 Å². The van der Waals surface area contributed by atoms with E-state index in [-0.39, 0.29) is 5.54 Å². The number of hydrogen-bond acceptors (Lipinski definition) is 4. The third-order valence-electron chi connectivity index (χ3n) is 3.61. The van der Waals surface area contributed by atoms with Crippen LogP contribution in [0.4, 0.5) is 0 Å². The Kier molecular flexibility index (Phi) is 7.74. The summed E-state index contributed by atoms with van der Waals surface area (Å²) in [6.07, 6.45) is 4.53. The van der Waals surface area contributed by atoms with Gasteiger partial charge in [-0.15, -0.1) is 5.92 Å². The van der Waals surface area contributed by atoms with Crippen molar-refractivity contribution in [2.75, 3.05) is 26.3 Å². The normalized spacial score (nSPS) is 18.1. The zero-order chi connectivity index (χ0) is 14.7. The highest BCUT2D eigenvalue weighted by Crippen LogP contribution is 2.23. The van der Waals surface area contributed by atoms with Crippen molar-refractivity contribution >= 4 is 0 Å². The van der Waals surface area contributed by atoms with Crippen molar-refractivity contribution in [2.45, 2.75) is 51.0 Å². The number of unbranched alkanes of at least 4 members (excludes halogenated alkanes) is 3. The van der Waals surface area contributed by atoms with E-state index in [1.807, 2.05) is 0 Å². The van der Waals surface area contributed by atoms with Crippen molar-refractivity contribution in [3.63, 3.8) is 0 Å². The van der Waals surface area contributed by atoms with Crippen molar-refractivity contribution in [1.29, 1.82) is 10.5 Å². The Labute approximate surface area is 122 Å². The number of ether oxygens (including phenoxy) is 1. The van der Waals surface area contributed by atoms with Gasteiger partial charge in [0.1, 0.15) is 0 Å². The quantitative estimate of drug-likeness (QED) is 0.551. The first-order chi connectivity index (χ1) is 9.73. The molecule has 0 bridgehead atoms. The zero-order valence-corrected chi connectivity index (χ0v) is 12.3. The minimum Gasteiger partial charge on any atom is -0.379 e. The first kappa shape index (κ1) is 16.5. The maximum Gasteiger partial charge on any atom is 0.0799 e. The number of rotatable bonds is 6. The van der Waals surface area contributed by atoms with Crippen LogP contribution in [0.1, 0.15) is 45.4 Å². The Morgan fingerprint density at radius 3 is 2.35 bits per heavy atom. The average molecular weight is 273 g/mol. The topological polar surface area (TPSA) is 60.0 Å². The number of morpholine rings is 1. The van der Waals surface area contributed by atoms with E-state index in [0.29, 0.717) is 12.8 Å². The van der Waals surface area contributed by atoms with E-state index in [9.17, 15) is 0 Å². The van der Waals surface area contributed by atoms with Crippen LogP contribution >= 0.6 is 0 Å². The highest BCUT2D eigenvalue weighted by atomic mass is 16.5. The SMILES string of the molecule is CC(C#CCCCC#N)(CCCC#N)N1CCOCC1. The van der Waals surface area contributed by atoms with Gasteiger partial charge in [0.2, 0.25) is 0 Å². The van der Waals surface area contributed by atoms with Crippen molar-refractivity contribution in [2.24, 2.45) is 0 Å². The molecule has 1 aliphatic heterocycles. The van der Waals surface area contributed by atoms with Crippen LogP contribution in [0, 0.1) is 34.5 Å². The molecule has 4 heteroatoms. The van der Waals surface area contributed by atoms with E-state index in [1.54, 1.807) is 0 Å². The fourth-order valence-corrected chi connectivity index (χ4v) is 2.38. The predicted octanol–water partition coefficient (Wildman–Crippen LogP) is 2.47. The molecule has 1 saturated heterocycles. The molecular weight excluding hydrogens is 250 g/mol. The maximum atomic E-state index is 8.70. The summed E-state index contributed by atoms with van der Waals surface area (Å²) in [5, 5.41) is 17.2. The van der Waals surface area contributed by atoms with E-state index in [4.69, 9.17) is 15.3 Å². The van der Waals surface area contributed by atoms with Gasteiger partial charge in [-0.05, 0) is 26.2 Å². The predicted molar refractivity (Wildman–Crippen MR) is 77.5 cm³/mol. The summed E-state index contributed by atoms with van der Waals surface area (Å²) in [7, 11) is 0. The van der Waals surface area contributed by atoms with Crippen LogP contribution in [0.2, 0.25) is 0 Å². The van der Waals surface area contributed by atoms with E-state index >= 15 is 0 Å². The van der Waals surface area contributed by atoms with Crippen LogP contribution in [0.3, 0.4) is 0 Å². The summed E-state index contributed by atoms with van der Waals surface area (Å²) in [6, 6.07) is 4.34. The molecule has 0 radical (unpaired) electrons. The van der Waals surface area contributed by atoms with Gasteiger partial charge in [0.15, 0.2) is 0 Å². The maximum absolute atomic E-state index is 8.70. The van der Waals surface area contributed by atoms with Crippen LogP contribution in [0.25, 0.3) is 0 Å². The van der Waals surface area contributed by atoms with E-state index in [1.165, 1.54) is 0 Å². The minimum absolute atomic E-state index is 0.173. The Hall–Kier alpha value is -1.54. The summed E-state index contributed by atoms with van der Waals surface area (Å²) in [5.74, 6) is 6.60. The second-order valence-corrected chi connectivity index (χ2v) is 5.20. The second kappa shape index (κ2) is 9.38. The fourth-order valence-electron chi connectivity index (χ4n) is 2.38. The first-order valence-electron chi connectivity index (χ1n) is 7.29. The van der Waals surface area contributed by atoms with E-state index in [0.717, 1.165) is 52.0 Å². The van der Waals surface area contributed by atoms with Crippen LogP contribution in [0.5, 0.6) is 0 Å². The molecule has 0 aromatic heterocycles. The lowest BCUT2D eigenvalue weighted by molar-refractivity contribution is -0.000378. The van der Waals surface area contributed by atoms with Gasteiger partial charge in [0.05, 0.1) is 30.9 Å². The van der Waals surface area contributed by atoms with Crippen LogP contribution < -0.4 is 0 Å². The molecule has 0 aliphatic carbocycles. The smallest absolute Gasteiger partial charge is 0.0799 e. The lowest BCUT2D eigenvalue weighted by Gasteiger charge is -2.40. The third kappa shape index (κ3) is 5.62. The van der Waals surface area contributed by atoms with Gasteiger partial charge in [0.25, 0.3) is 0 Å². The van der Waals surface area contributed by atoms with E-state index in [2.05, 4.69) is 35.8 Å². The molecule has 0 N–H and O–H groups in total. The molecule has 0 saturated carbocycles. The van der Waals surface area contributed by atoms with Gasteiger partial charge in [-0.25, -0.2) is 0 Å². The summed E-state index contributed by atoms with van der Waals surface area (Å²) in [4.78, 5) is 2.37. The lowest BCUT2D eigenvalue weighted by Crippen LogP contribution is -2.50. The summed E-state index contributed by atoms with van der Waals surface area (Å²) < 4.78 is 5.40. The van der Waals surface area contributed by atoms with Crippen LogP contribution in [-0.4, -0.2) is 36.7 Å². The Balaban J connectivity index is 2.62. The summed E-state index contributed by atoms with van der Waals surface area (Å²) in [5.41, 5.74) is -0.173. The third-order valence-corrected chi connectivity index (χ3v) is 3.61. The number of nitriles is 2. The molecule has 108 valence electrons. The molecule has 1 aliphatic rings. The summed E-state index contributed by atoms with van der Waals surface area (Å²) in [6.45, 7) is 5.47. The van der Waals surface area contributed by atoms with Gasteiger partial charge in [-0.3, -0.25) is 4.90 Å². The highest BCUT2D eigenvalue weighted by molar-refractivity contribution is 5.17. The molecule has 20 heavy (non-hydrogen) atoms. The van der Waals surface area contributed by atoms with Crippen molar-refractivity contribution in [3.05, 3.63) is 0 Å². The molecule has 0 amide bonds. The van der Waals surface area contributed by atoms with Crippen molar-refractivity contribution < 1.29 is 4.74 Å². The van der Waals surface area contributed by atoms with Gasteiger partial charge in [0, 0.05) is 32.4 Å². The highest BCUT2D eigenvalue weighted by Gasteiger charge is 2.30. The van der Waals surface area contributed by atoms with E-state index < -0.39 is 0 Å². The van der Waals surface area contributed by atoms with Gasteiger partial charge < -0.3 is 4.74 Å². The van der Waals surface area contributed by atoms with Crippen LogP contribution in [0.15, 0.2) is 0 Å².